The molecule has 7 heteroatoms. The maximum atomic E-state index is 12.4. The van der Waals surface area contributed by atoms with Crippen molar-refractivity contribution in [2.45, 2.75) is 25.8 Å². The maximum absolute atomic E-state index is 12.4. The van der Waals surface area contributed by atoms with Crippen molar-refractivity contribution in [2.75, 3.05) is 32.7 Å². The van der Waals surface area contributed by atoms with Crippen LogP contribution in [0.25, 0.3) is 0 Å². The molecule has 21 heavy (non-hydrogen) atoms. The smallest absolute Gasteiger partial charge is 0.276 e. The molecular weight excluding hydrogens is 272 g/mol. The molecule has 3 heterocycles. The predicted molar refractivity (Wildman–Crippen MR) is 74.7 cm³/mol. The molecule has 2 amide bonds. The van der Waals surface area contributed by atoms with Gasteiger partial charge in [-0.1, -0.05) is 5.16 Å². The molecule has 0 spiro atoms. The lowest BCUT2D eigenvalue weighted by Crippen LogP contribution is -2.57. The average Bonchev–Trinajstić information content (AvgIpc) is 2.94. The molecule has 1 unspecified atom stereocenters. The van der Waals surface area contributed by atoms with Crippen LogP contribution in [-0.2, 0) is 4.79 Å². The van der Waals surface area contributed by atoms with Gasteiger partial charge >= 0.3 is 0 Å². The predicted octanol–water partition coefficient (Wildman–Crippen LogP) is 0.0194. The summed E-state index contributed by atoms with van der Waals surface area (Å²) in [6, 6.07) is 1.77. The Morgan fingerprint density at radius 2 is 2.33 bits per heavy atom. The second-order valence-electron chi connectivity index (χ2n) is 5.63. The lowest BCUT2D eigenvalue weighted by Gasteiger charge is -2.40. The van der Waals surface area contributed by atoms with Gasteiger partial charge in [0.2, 0.25) is 5.91 Å². The molecule has 2 fully saturated rings. The molecule has 1 aromatic rings. The van der Waals surface area contributed by atoms with Gasteiger partial charge in [-0.2, -0.15) is 0 Å². The van der Waals surface area contributed by atoms with Gasteiger partial charge in [0.05, 0.1) is 6.54 Å². The number of aromatic nitrogens is 1. The Hall–Kier alpha value is -1.89. The number of carbonyl (C=O) groups is 2. The van der Waals surface area contributed by atoms with E-state index in [1.54, 1.807) is 17.9 Å². The first kappa shape index (κ1) is 14.1. The molecule has 114 valence electrons. The van der Waals surface area contributed by atoms with Crippen molar-refractivity contribution in [1.29, 1.82) is 0 Å². The molecule has 0 bridgehead atoms. The summed E-state index contributed by atoms with van der Waals surface area (Å²) in [6.45, 7) is 4.99. The lowest BCUT2D eigenvalue weighted by molar-refractivity contribution is -0.135. The summed E-state index contributed by atoms with van der Waals surface area (Å²) in [7, 11) is 0. The second kappa shape index (κ2) is 5.85. The van der Waals surface area contributed by atoms with E-state index in [0.29, 0.717) is 37.6 Å². The van der Waals surface area contributed by atoms with Crippen molar-refractivity contribution >= 4 is 11.8 Å². The van der Waals surface area contributed by atoms with Gasteiger partial charge < -0.3 is 19.6 Å². The number of nitrogens with one attached hydrogen (secondary N) is 1. The van der Waals surface area contributed by atoms with Gasteiger partial charge in [0, 0.05) is 38.3 Å². The van der Waals surface area contributed by atoms with Crippen LogP contribution < -0.4 is 5.32 Å². The SMILES string of the molecule is Cc1cc(C(=O)N2CCCC(N3CCNCC3=O)C2)no1. The number of aryl methyl sites for hydroxylation is 1. The van der Waals surface area contributed by atoms with Gasteiger partial charge in [-0.3, -0.25) is 9.59 Å². The number of likely N-dealkylation sites (tertiary alicyclic amines) is 1. The van der Waals surface area contributed by atoms with Gasteiger partial charge in [0.25, 0.3) is 5.91 Å². The Labute approximate surface area is 123 Å². The number of nitrogens with zero attached hydrogens (tertiary/aromatic N) is 3. The average molecular weight is 292 g/mol. The first-order chi connectivity index (χ1) is 10.1. The van der Waals surface area contributed by atoms with E-state index in [2.05, 4.69) is 10.5 Å². The van der Waals surface area contributed by atoms with Crippen LogP contribution in [0.5, 0.6) is 0 Å². The molecule has 0 saturated carbocycles. The molecule has 3 rings (SSSR count). The third-order valence-corrected chi connectivity index (χ3v) is 4.10. The van der Waals surface area contributed by atoms with E-state index in [4.69, 9.17) is 4.52 Å². The molecule has 2 aliphatic rings. The summed E-state index contributed by atoms with van der Waals surface area (Å²) in [5, 5.41) is 6.86. The highest BCUT2D eigenvalue weighted by Crippen LogP contribution is 2.19. The normalized spacial score (nSPS) is 23.5. The standard InChI is InChI=1S/C14H20N4O3/c1-10-7-12(16-21-10)14(20)17-5-2-3-11(9-17)18-6-4-15-8-13(18)19/h7,11,15H,2-6,8-9H2,1H3. The minimum atomic E-state index is -0.112. The molecule has 0 aliphatic carbocycles. The van der Waals surface area contributed by atoms with Gasteiger partial charge in [-0.05, 0) is 19.8 Å². The Balaban J connectivity index is 1.68. The molecule has 1 N–H and O–H groups in total. The monoisotopic (exact) mass is 292 g/mol. The minimum absolute atomic E-state index is 0.112. The third kappa shape index (κ3) is 2.92. The van der Waals surface area contributed by atoms with Crippen LogP contribution in [-0.4, -0.2) is 65.5 Å². The van der Waals surface area contributed by atoms with Crippen molar-refractivity contribution in [1.82, 2.24) is 20.3 Å². The van der Waals surface area contributed by atoms with Crippen LogP contribution in [0.15, 0.2) is 10.6 Å². The zero-order valence-electron chi connectivity index (χ0n) is 12.2. The largest absolute Gasteiger partial charge is 0.361 e. The lowest BCUT2D eigenvalue weighted by atomic mass is 10.0. The van der Waals surface area contributed by atoms with E-state index >= 15 is 0 Å². The summed E-state index contributed by atoms with van der Waals surface area (Å²) < 4.78 is 4.97. The maximum Gasteiger partial charge on any atom is 0.276 e. The molecule has 0 aromatic carbocycles. The molecule has 0 radical (unpaired) electrons. The van der Waals surface area contributed by atoms with Gasteiger partial charge in [0.15, 0.2) is 5.69 Å². The summed E-state index contributed by atoms with van der Waals surface area (Å²) in [4.78, 5) is 28.1. The van der Waals surface area contributed by atoms with E-state index < -0.39 is 0 Å². The number of piperazine rings is 1. The first-order valence-corrected chi connectivity index (χ1v) is 7.38. The summed E-state index contributed by atoms with van der Waals surface area (Å²) in [6.07, 6.45) is 1.86. The number of carbonyl (C=O) groups excluding carboxylic acids is 2. The van der Waals surface area contributed by atoms with Crippen LogP contribution in [0.3, 0.4) is 0 Å². The molecule has 7 nitrogen and oxygen atoms in total. The van der Waals surface area contributed by atoms with E-state index in [0.717, 1.165) is 19.4 Å². The Bertz CT molecular complexity index is 542. The number of amides is 2. The fourth-order valence-electron chi connectivity index (χ4n) is 3.03. The number of hydrogen-bond acceptors (Lipinski definition) is 5. The molecular formula is C14H20N4O3. The van der Waals surface area contributed by atoms with E-state index in [1.165, 1.54) is 0 Å². The first-order valence-electron chi connectivity index (χ1n) is 7.38. The van der Waals surface area contributed by atoms with Crippen molar-refractivity contribution in [3.63, 3.8) is 0 Å². The van der Waals surface area contributed by atoms with Crippen molar-refractivity contribution < 1.29 is 14.1 Å². The van der Waals surface area contributed by atoms with Crippen molar-refractivity contribution in [3.05, 3.63) is 17.5 Å². The fraction of sp³-hybridized carbons (Fsp3) is 0.643. The van der Waals surface area contributed by atoms with E-state index in [-0.39, 0.29) is 17.9 Å². The topological polar surface area (TPSA) is 78.7 Å². The molecule has 1 aromatic heterocycles. The zero-order valence-corrected chi connectivity index (χ0v) is 12.2. The van der Waals surface area contributed by atoms with Gasteiger partial charge in [-0.15, -0.1) is 0 Å². The summed E-state index contributed by atoms with van der Waals surface area (Å²) in [5.74, 6) is 0.640. The molecule has 1 atom stereocenters. The Morgan fingerprint density at radius 3 is 3.05 bits per heavy atom. The van der Waals surface area contributed by atoms with Crippen LogP contribution in [0, 0.1) is 6.92 Å². The minimum Gasteiger partial charge on any atom is -0.361 e. The quantitative estimate of drug-likeness (QED) is 0.831. The summed E-state index contributed by atoms with van der Waals surface area (Å²) >= 11 is 0. The second-order valence-corrected chi connectivity index (χ2v) is 5.63. The number of piperidine rings is 1. The highest BCUT2D eigenvalue weighted by atomic mass is 16.5. The van der Waals surface area contributed by atoms with Crippen LogP contribution in [0.4, 0.5) is 0 Å². The number of hydrogen-bond donors (Lipinski definition) is 1. The zero-order chi connectivity index (χ0) is 14.8. The van der Waals surface area contributed by atoms with Crippen molar-refractivity contribution in [3.8, 4) is 0 Å². The van der Waals surface area contributed by atoms with Gasteiger partial charge in [-0.25, -0.2) is 0 Å². The third-order valence-electron chi connectivity index (χ3n) is 4.10. The molecule has 2 aliphatic heterocycles. The fourth-order valence-corrected chi connectivity index (χ4v) is 3.03. The highest BCUT2D eigenvalue weighted by Gasteiger charge is 2.32. The molecule has 2 saturated heterocycles. The summed E-state index contributed by atoms with van der Waals surface area (Å²) in [5.41, 5.74) is 0.347. The Kier molecular flexibility index (Phi) is 3.92. The van der Waals surface area contributed by atoms with Crippen LogP contribution in [0.2, 0.25) is 0 Å². The van der Waals surface area contributed by atoms with E-state index in [9.17, 15) is 9.59 Å². The highest BCUT2D eigenvalue weighted by molar-refractivity contribution is 5.92. The van der Waals surface area contributed by atoms with E-state index in [1.807, 2.05) is 4.90 Å². The van der Waals surface area contributed by atoms with Gasteiger partial charge in [0.1, 0.15) is 5.76 Å². The Morgan fingerprint density at radius 1 is 1.48 bits per heavy atom. The number of rotatable bonds is 2. The van der Waals surface area contributed by atoms with Crippen LogP contribution >= 0.6 is 0 Å². The van der Waals surface area contributed by atoms with Crippen LogP contribution in [0.1, 0.15) is 29.1 Å². The van der Waals surface area contributed by atoms with Crippen molar-refractivity contribution in [2.24, 2.45) is 0 Å².